The largest absolute Gasteiger partial charge is 0.423 e. The van der Waals surface area contributed by atoms with Crippen LogP contribution in [0.1, 0.15) is 12.0 Å². The van der Waals surface area contributed by atoms with Crippen molar-refractivity contribution >= 4 is 38.0 Å². The number of nitrogens with one attached hydrogen (secondary N) is 1. The maximum Gasteiger partial charge on any atom is 0.336 e. The third kappa shape index (κ3) is 3.10. The van der Waals surface area contributed by atoms with Crippen molar-refractivity contribution in [3.63, 3.8) is 0 Å². The van der Waals surface area contributed by atoms with Crippen LogP contribution >= 0.6 is 11.3 Å². The van der Waals surface area contributed by atoms with Crippen LogP contribution in [-0.4, -0.2) is 8.42 Å². The van der Waals surface area contributed by atoms with Gasteiger partial charge in [-0.2, -0.15) is 11.3 Å². The molecule has 0 radical (unpaired) electrons. The smallest absolute Gasteiger partial charge is 0.336 e. The molecule has 0 aliphatic rings. The van der Waals surface area contributed by atoms with Gasteiger partial charge in [-0.25, -0.2) is 22.0 Å². The van der Waals surface area contributed by atoms with Crippen molar-refractivity contribution in [2.24, 2.45) is 0 Å². The fraction of sp³-hybridized carbons (Fsp3) is 0.0714. The normalized spacial score (nSPS) is 12.0. The molecule has 23 heavy (non-hydrogen) atoms. The van der Waals surface area contributed by atoms with Gasteiger partial charge < -0.3 is 4.42 Å². The van der Waals surface area contributed by atoms with Crippen LogP contribution in [0, 0.1) is 0 Å². The number of hydrogen-bond acceptors (Lipinski definition) is 5. The van der Waals surface area contributed by atoms with E-state index in [1.807, 2.05) is 0 Å². The van der Waals surface area contributed by atoms with Crippen molar-refractivity contribution in [1.82, 2.24) is 0 Å². The fourth-order valence-corrected chi connectivity index (χ4v) is 4.48. The Bertz CT molecular complexity index is 1020. The van der Waals surface area contributed by atoms with E-state index in [9.17, 15) is 22.0 Å². The number of rotatable bonds is 4. The lowest BCUT2D eigenvalue weighted by molar-refractivity contribution is 0.148. The number of halogens is 2. The second-order valence-corrected chi connectivity index (χ2v) is 7.00. The lowest BCUT2D eigenvalue weighted by Crippen LogP contribution is -2.14. The zero-order valence-electron chi connectivity index (χ0n) is 11.3. The van der Waals surface area contributed by atoms with Gasteiger partial charge in [0.05, 0.1) is 0 Å². The molecule has 0 amide bonds. The first-order valence-electron chi connectivity index (χ1n) is 6.28. The molecular formula is C14H9F2NO4S2. The molecule has 2 aromatic heterocycles. The van der Waals surface area contributed by atoms with E-state index >= 15 is 0 Å². The first kappa shape index (κ1) is 15.6. The van der Waals surface area contributed by atoms with E-state index in [1.165, 1.54) is 30.3 Å². The molecule has 3 rings (SSSR count). The molecule has 3 aromatic rings. The van der Waals surface area contributed by atoms with Gasteiger partial charge in [0, 0.05) is 33.5 Å². The number of hydrogen-bond donors (Lipinski definition) is 1. The van der Waals surface area contributed by atoms with Crippen LogP contribution in [0.15, 0.2) is 55.2 Å². The topological polar surface area (TPSA) is 76.4 Å². The van der Waals surface area contributed by atoms with Gasteiger partial charge in [-0.3, -0.25) is 4.72 Å². The summed E-state index contributed by atoms with van der Waals surface area (Å²) in [7, 11) is -4.13. The molecule has 0 spiro atoms. The van der Waals surface area contributed by atoms with Gasteiger partial charge >= 0.3 is 5.63 Å². The molecular weight excluding hydrogens is 348 g/mol. The Morgan fingerprint density at radius 1 is 1.13 bits per heavy atom. The molecule has 0 saturated heterocycles. The van der Waals surface area contributed by atoms with Gasteiger partial charge in [0.15, 0.2) is 0 Å². The van der Waals surface area contributed by atoms with Crippen LogP contribution in [0.2, 0.25) is 0 Å². The van der Waals surface area contributed by atoms with E-state index in [2.05, 4.69) is 4.72 Å². The van der Waals surface area contributed by atoms with Gasteiger partial charge in [0.1, 0.15) is 10.5 Å². The van der Waals surface area contributed by atoms with Crippen molar-refractivity contribution in [2.75, 3.05) is 4.72 Å². The molecule has 0 fully saturated rings. The molecule has 1 aromatic carbocycles. The maximum absolute atomic E-state index is 12.8. The van der Waals surface area contributed by atoms with E-state index in [0.29, 0.717) is 11.0 Å². The third-order valence-electron chi connectivity index (χ3n) is 3.05. The summed E-state index contributed by atoms with van der Waals surface area (Å²) >= 11 is 0.887. The predicted octanol–water partition coefficient (Wildman–Crippen LogP) is 3.59. The molecule has 0 unspecified atom stereocenters. The molecule has 9 heteroatoms. The third-order valence-corrected chi connectivity index (χ3v) is 5.40. The Labute approximate surface area is 133 Å². The fourth-order valence-electron chi connectivity index (χ4n) is 2.02. The van der Waals surface area contributed by atoms with Crippen molar-refractivity contribution in [2.45, 2.75) is 11.3 Å². The standard InChI is InChI=1S/C14H9F2NO4S2/c15-14(16)10-6-22-7-12(10)23(19,20)17-9-2-3-11-8(5-9)1-4-13(18)21-11/h1-7,14,17H. The molecule has 2 heterocycles. The lowest BCUT2D eigenvalue weighted by Gasteiger charge is -2.09. The molecule has 1 N–H and O–H groups in total. The second kappa shape index (κ2) is 5.74. The number of anilines is 1. The van der Waals surface area contributed by atoms with Crippen molar-refractivity contribution < 1.29 is 21.6 Å². The molecule has 0 aliphatic heterocycles. The summed E-state index contributed by atoms with van der Waals surface area (Å²) < 4.78 is 57.4. The van der Waals surface area contributed by atoms with E-state index in [4.69, 9.17) is 4.42 Å². The minimum Gasteiger partial charge on any atom is -0.423 e. The van der Waals surface area contributed by atoms with Crippen LogP contribution in [0.3, 0.4) is 0 Å². The summed E-state index contributed by atoms with van der Waals surface area (Å²) in [5, 5.41) is 2.77. The van der Waals surface area contributed by atoms with Gasteiger partial charge in [0.2, 0.25) is 0 Å². The van der Waals surface area contributed by atoms with Gasteiger partial charge in [-0.15, -0.1) is 0 Å². The predicted molar refractivity (Wildman–Crippen MR) is 82.6 cm³/mol. The highest BCUT2D eigenvalue weighted by Crippen LogP contribution is 2.31. The number of fused-ring (bicyclic) bond motifs is 1. The minimum atomic E-state index is -4.13. The van der Waals surface area contributed by atoms with Crippen LogP contribution in [-0.2, 0) is 10.0 Å². The first-order chi connectivity index (χ1) is 10.9. The Morgan fingerprint density at radius 2 is 1.91 bits per heavy atom. The second-order valence-electron chi connectivity index (χ2n) is 4.60. The quantitative estimate of drug-likeness (QED) is 0.724. The van der Waals surface area contributed by atoms with Gasteiger partial charge in [-0.05, 0) is 24.3 Å². The summed E-state index contributed by atoms with van der Waals surface area (Å²) in [6.07, 6.45) is -2.88. The van der Waals surface area contributed by atoms with E-state index in [0.717, 1.165) is 22.1 Å². The van der Waals surface area contributed by atoms with Crippen LogP contribution in [0.25, 0.3) is 11.0 Å². The zero-order chi connectivity index (χ0) is 16.6. The van der Waals surface area contributed by atoms with Crippen LogP contribution in [0.4, 0.5) is 14.5 Å². The summed E-state index contributed by atoms with van der Waals surface area (Å²) in [4.78, 5) is 10.7. The van der Waals surface area contributed by atoms with E-state index < -0.39 is 32.5 Å². The highest BCUT2D eigenvalue weighted by molar-refractivity contribution is 7.92. The highest BCUT2D eigenvalue weighted by Gasteiger charge is 2.24. The molecule has 0 bridgehead atoms. The van der Waals surface area contributed by atoms with Crippen molar-refractivity contribution in [3.8, 4) is 0 Å². The molecule has 0 saturated carbocycles. The SMILES string of the molecule is O=c1ccc2cc(NS(=O)(=O)c3cscc3C(F)F)ccc2o1. The van der Waals surface area contributed by atoms with Gasteiger partial charge in [0.25, 0.3) is 16.4 Å². The summed E-state index contributed by atoms with van der Waals surface area (Å²) in [5.74, 6) is 0. The summed E-state index contributed by atoms with van der Waals surface area (Å²) in [6, 6.07) is 6.94. The zero-order valence-corrected chi connectivity index (χ0v) is 13.0. The summed E-state index contributed by atoms with van der Waals surface area (Å²) in [6.45, 7) is 0. The highest BCUT2D eigenvalue weighted by atomic mass is 32.2. The van der Waals surface area contributed by atoms with E-state index in [1.54, 1.807) is 0 Å². The maximum atomic E-state index is 12.8. The number of thiophene rings is 1. The Hall–Kier alpha value is -2.26. The summed E-state index contributed by atoms with van der Waals surface area (Å²) in [5.41, 5.74) is -0.581. The Kier molecular flexibility index (Phi) is 3.90. The van der Waals surface area contributed by atoms with Crippen molar-refractivity contribution in [1.29, 1.82) is 0 Å². The number of alkyl halides is 2. The minimum absolute atomic E-state index is 0.178. The van der Waals surface area contributed by atoms with Crippen molar-refractivity contribution in [3.05, 3.63) is 57.1 Å². The first-order valence-corrected chi connectivity index (χ1v) is 8.70. The molecule has 120 valence electrons. The average Bonchev–Trinajstić information content (AvgIpc) is 2.98. The Morgan fingerprint density at radius 3 is 2.65 bits per heavy atom. The number of sulfonamides is 1. The monoisotopic (exact) mass is 357 g/mol. The van der Waals surface area contributed by atoms with Gasteiger partial charge in [-0.1, -0.05) is 0 Å². The number of benzene rings is 1. The van der Waals surface area contributed by atoms with Crippen LogP contribution in [0.5, 0.6) is 0 Å². The molecule has 0 atom stereocenters. The molecule has 0 aliphatic carbocycles. The van der Waals surface area contributed by atoms with Crippen LogP contribution < -0.4 is 10.3 Å². The lowest BCUT2D eigenvalue weighted by atomic mass is 10.2. The molecule has 5 nitrogen and oxygen atoms in total. The average molecular weight is 357 g/mol. The Balaban J connectivity index is 1.98. The van der Waals surface area contributed by atoms with E-state index in [-0.39, 0.29) is 5.69 Å².